The van der Waals surface area contributed by atoms with E-state index in [0.29, 0.717) is 30.6 Å². The molecule has 1 unspecified atom stereocenters. The fourth-order valence-electron chi connectivity index (χ4n) is 2.39. The summed E-state index contributed by atoms with van der Waals surface area (Å²) in [5.41, 5.74) is 0.851. The van der Waals surface area contributed by atoms with Crippen LogP contribution < -0.4 is 14.8 Å². The van der Waals surface area contributed by atoms with E-state index in [1.807, 2.05) is 6.07 Å². The Balaban J connectivity index is 2.06. The number of hydrogen-bond donors (Lipinski definition) is 2. The highest BCUT2D eigenvalue weighted by Crippen LogP contribution is 2.47. The first-order chi connectivity index (χ1) is 8.27. The van der Waals surface area contributed by atoms with E-state index in [1.54, 1.807) is 0 Å². The molecule has 0 saturated carbocycles. The predicted octanol–water partition coefficient (Wildman–Crippen LogP) is 1.89. The van der Waals surface area contributed by atoms with Gasteiger partial charge in [-0.05, 0) is 19.0 Å². The highest BCUT2D eigenvalue weighted by Gasteiger charge is 2.27. The number of hydrogen-bond acceptors (Lipinski definition) is 4. The average molecular weight is 256 g/mol. The number of nitrogens with one attached hydrogen (secondary N) is 1. The molecule has 2 aliphatic heterocycles. The van der Waals surface area contributed by atoms with Gasteiger partial charge in [-0.3, -0.25) is 0 Å². The molecule has 3 rings (SSSR count). The van der Waals surface area contributed by atoms with Crippen LogP contribution in [-0.2, 0) is 0 Å². The van der Waals surface area contributed by atoms with Crippen molar-refractivity contribution in [3.05, 3.63) is 16.7 Å². The fourth-order valence-corrected chi connectivity index (χ4v) is 2.64. The summed E-state index contributed by atoms with van der Waals surface area (Å²) in [6, 6.07) is 1.85. The second-order valence-electron chi connectivity index (χ2n) is 4.34. The first-order valence-electron chi connectivity index (χ1n) is 5.79. The van der Waals surface area contributed by atoms with Crippen molar-refractivity contribution in [2.24, 2.45) is 0 Å². The van der Waals surface area contributed by atoms with Gasteiger partial charge >= 0.3 is 0 Å². The summed E-state index contributed by atoms with van der Waals surface area (Å²) in [6.45, 7) is 2.83. The first kappa shape index (κ1) is 11.0. The van der Waals surface area contributed by atoms with Crippen LogP contribution in [-0.4, -0.2) is 31.4 Å². The van der Waals surface area contributed by atoms with Crippen LogP contribution in [0.3, 0.4) is 0 Å². The van der Waals surface area contributed by atoms with Crippen LogP contribution in [0, 0.1) is 0 Å². The maximum absolute atomic E-state index is 10.1. The molecule has 2 aliphatic rings. The van der Waals surface area contributed by atoms with Crippen LogP contribution in [0.2, 0.25) is 5.02 Å². The first-order valence-corrected chi connectivity index (χ1v) is 6.17. The summed E-state index contributed by atoms with van der Waals surface area (Å²) in [4.78, 5) is 0. The van der Waals surface area contributed by atoms with Crippen LogP contribution in [0.1, 0.15) is 17.9 Å². The zero-order chi connectivity index (χ0) is 11.8. The molecule has 0 radical (unpaired) electrons. The minimum Gasteiger partial charge on any atom is -0.506 e. The van der Waals surface area contributed by atoms with Crippen molar-refractivity contribution >= 4 is 11.6 Å². The van der Waals surface area contributed by atoms with Gasteiger partial charge in [0, 0.05) is 18.0 Å². The number of phenols is 1. The van der Waals surface area contributed by atoms with Crippen molar-refractivity contribution in [2.75, 3.05) is 26.3 Å². The van der Waals surface area contributed by atoms with E-state index in [4.69, 9.17) is 21.1 Å². The lowest BCUT2D eigenvalue weighted by Gasteiger charge is -2.22. The Kier molecular flexibility index (Phi) is 2.76. The van der Waals surface area contributed by atoms with E-state index in [-0.39, 0.29) is 10.8 Å². The smallest absolute Gasteiger partial charge is 0.183 e. The van der Waals surface area contributed by atoms with Crippen LogP contribution in [0.4, 0.5) is 0 Å². The average Bonchev–Trinajstić information content (AvgIpc) is 2.87. The standard InChI is InChI=1S/C12H14ClNO3/c13-10-11(15)8(7-1-2-14-6-7)5-9-12(10)17-4-3-16-9/h5,7,14-15H,1-4,6H2. The maximum atomic E-state index is 10.1. The fraction of sp³-hybridized carbons (Fsp3) is 0.500. The minimum absolute atomic E-state index is 0.129. The van der Waals surface area contributed by atoms with Gasteiger partial charge in [0.15, 0.2) is 11.5 Å². The van der Waals surface area contributed by atoms with Gasteiger partial charge < -0.3 is 19.9 Å². The Bertz CT molecular complexity index is 444. The molecule has 0 bridgehead atoms. The molecule has 5 heteroatoms. The largest absolute Gasteiger partial charge is 0.506 e. The quantitative estimate of drug-likeness (QED) is 0.805. The monoisotopic (exact) mass is 255 g/mol. The number of fused-ring (bicyclic) bond motifs is 1. The van der Waals surface area contributed by atoms with Crippen molar-refractivity contribution in [3.63, 3.8) is 0 Å². The number of phenolic OH excluding ortho intramolecular Hbond substituents is 1. The summed E-state index contributed by atoms with van der Waals surface area (Å²) >= 11 is 6.12. The molecule has 92 valence electrons. The molecule has 1 fully saturated rings. The highest BCUT2D eigenvalue weighted by atomic mass is 35.5. The molecule has 1 aromatic carbocycles. The van der Waals surface area contributed by atoms with E-state index < -0.39 is 0 Å². The Morgan fingerprint density at radius 1 is 1.35 bits per heavy atom. The Labute approximate surface area is 104 Å². The number of rotatable bonds is 1. The summed E-state index contributed by atoms with van der Waals surface area (Å²) in [5.74, 6) is 1.53. The summed E-state index contributed by atoms with van der Waals surface area (Å²) in [6.07, 6.45) is 1.00. The van der Waals surface area contributed by atoms with Crippen LogP contribution in [0.25, 0.3) is 0 Å². The number of benzene rings is 1. The third-order valence-corrected chi connectivity index (χ3v) is 3.63. The Hall–Kier alpha value is -1.13. The third kappa shape index (κ3) is 1.81. The van der Waals surface area contributed by atoms with Crippen LogP contribution in [0.15, 0.2) is 6.07 Å². The van der Waals surface area contributed by atoms with Crippen molar-refractivity contribution in [1.82, 2.24) is 5.32 Å². The zero-order valence-electron chi connectivity index (χ0n) is 9.33. The van der Waals surface area contributed by atoms with Gasteiger partial charge in [-0.25, -0.2) is 0 Å². The van der Waals surface area contributed by atoms with Crippen molar-refractivity contribution in [1.29, 1.82) is 0 Å². The Morgan fingerprint density at radius 3 is 2.94 bits per heavy atom. The molecular weight excluding hydrogens is 242 g/mol. The van der Waals surface area contributed by atoms with Crippen molar-refractivity contribution in [2.45, 2.75) is 12.3 Å². The summed E-state index contributed by atoms with van der Waals surface area (Å²) < 4.78 is 10.9. The van der Waals surface area contributed by atoms with Gasteiger partial charge in [0.2, 0.25) is 0 Å². The lowest BCUT2D eigenvalue weighted by molar-refractivity contribution is 0.170. The molecule has 0 aromatic heterocycles. The van der Waals surface area contributed by atoms with Gasteiger partial charge in [0.05, 0.1) is 0 Å². The molecule has 0 amide bonds. The second-order valence-corrected chi connectivity index (χ2v) is 4.72. The number of halogens is 1. The molecule has 2 heterocycles. The van der Waals surface area contributed by atoms with Gasteiger partial charge in [0.25, 0.3) is 0 Å². The third-order valence-electron chi connectivity index (χ3n) is 3.28. The van der Waals surface area contributed by atoms with Gasteiger partial charge in [-0.15, -0.1) is 0 Å². The van der Waals surface area contributed by atoms with Crippen molar-refractivity contribution < 1.29 is 14.6 Å². The SMILES string of the molecule is Oc1c(C2CCNC2)cc2c(c1Cl)OCCO2. The lowest BCUT2D eigenvalue weighted by atomic mass is 9.96. The van der Waals surface area contributed by atoms with E-state index in [2.05, 4.69) is 5.32 Å². The second kappa shape index (κ2) is 4.27. The van der Waals surface area contributed by atoms with Crippen LogP contribution in [0.5, 0.6) is 17.2 Å². The van der Waals surface area contributed by atoms with E-state index >= 15 is 0 Å². The van der Waals surface area contributed by atoms with E-state index in [9.17, 15) is 5.11 Å². The van der Waals surface area contributed by atoms with Crippen LogP contribution >= 0.6 is 11.6 Å². The molecule has 1 aromatic rings. The molecule has 2 N–H and O–H groups in total. The van der Waals surface area contributed by atoms with E-state index in [1.165, 1.54) is 0 Å². The molecule has 4 nitrogen and oxygen atoms in total. The zero-order valence-corrected chi connectivity index (χ0v) is 10.1. The highest BCUT2D eigenvalue weighted by molar-refractivity contribution is 6.34. The topological polar surface area (TPSA) is 50.7 Å². The molecule has 1 atom stereocenters. The van der Waals surface area contributed by atoms with Gasteiger partial charge in [-0.2, -0.15) is 0 Å². The number of ether oxygens (including phenoxy) is 2. The summed E-state index contributed by atoms with van der Waals surface area (Å²) in [5, 5.41) is 13.7. The van der Waals surface area contributed by atoms with Gasteiger partial charge in [0.1, 0.15) is 24.0 Å². The lowest BCUT2D eigenvalue weighted by Crippen LogP contribution is -2.16. The van der Waals surface area contributed by atoms with E-state index in [0.717, 1.165) is 25.1 Å². The molecule has 0 spiro atoms. The van der Waals surface area contributed by atoms with Crippen molar-refractivity contribution in [3.8, 4) is 17.2 Å². The molecule has 0 aliphatic carbocycles. The molecule has 1 saturated heterocycles. The normalized spacial score (nSPS) is 22.8. The van der Waals surface area contributed by atoms with Gasteiger partial charge in [-0.1, -0.05) is 11.6 Å². The molecule has 17 heavy (non-hydrogen) atoms. The number of aromatic hydroxyl groups is 1. The Morgan fingerprint density at radius 2 is 2.18 bits per heavy atom. The predicted molar refractivity (Wildman–Crippen MR) is 64.3 cm³/mol. The summed E-state index contributed by atoms with van der Waals surface area (Å²) in [7, 11) is 0. The maximum Gasteiger partial charge on any atom is 0.183 e. The molecular formula is C12H14ClNO3. The minimum atomic E-state index is 0.129.